The van der Waals surface area contributed by atoms with Gasteiger partial charge in [-0.1, -0.05) is 60.2 Å². The van der Waals surface area contributed by atoms with Crippen molar-refractivity contribution in [3.8, 4) is 23.5 Å². The first-order valence-electron chi connectivity index (χ1n) is 10.5. The lowest BCUT2D eigenvalue weighted by Crippen LogP contribution is -2.43. The van der Waals surface area contributed by atoms with E-state index in [1.54, 1.807) is 0 Å². The Labute approximate surface area is 172 Å². The summed E-state index contributed by atoms with van der Waals surface area (Å²) in [5.41, 5.74) is 6.41. The Balaban J connectivity index is 1.31. The molecule has 5 rings (SSSR count). The number of nitrogens with zero attached hydrogens (tertiary/aromatic N) is 1. The van der Waals surface area contributed by atoms with Gasteiger partial charge in [0, 0.05) is 18.4 Å². The van der Waals surface area contributed by atoms with Gasteiger partial charge in [0.15, 0.2) is 0 Å². The van der Waals surface area contributed by atoms with Crippen molar-refractivity contribution in [3.63, 3.8) is 0 Å². The lowest BCUT2D eigenvalue weighted by atomic mass is 9.97. The largest absolute Gasteiger partial charge is 0.448 e. The number of carbonyl (C=O) groups is 1. The Bertz CT molecular complexity index is 970. The van der Waals surface area contributed by atoms with Gasteiger partial charge >= 0.3 is 6.09 Å². The van der Waals surface area contributed by atoms with E-state index >= 15 is 0 Å². The second-order valence-corrected chi connectivity index (χ2v) is 8.24. The molecule has 2 heterocycles. The zero-order chi connectivity index (χ0) is 19.8. The summed E-state index contributed by atoms with van der Waals surface area (Å²) in [6, 6.07) is 17.3. The van der Waals surface area contributed by atoms with Crippen LogP contribution in [0, 0.1) is 12.3 Å². The number of hydrogen-bond acceptors (Lipinski definition) is 2. The van der Waals surface area contributed by atoms with Gasteiger partial charge in [0.25, 0.3) is 0 Å². The van der Waals surface area contributed by atoms with Gasteiger partial charge in [-0.15, -0.1) is 12.3 Å². The van der Waals surface area contributed by atoms with Gasteiger partial charge in [-0.2, -0.15) is 0 Å². The number of ether oxygens (including phenoxy) is 1. The van der Waals surface area contributed by atoms with Crippen LogP contribution in [0.5, 0.6) is 0 Å². The van der Waals surface area contributed by atoms with E-state index in [4.69, 9.17) is 11.2 Å². The highest BCUT2D eigenvalue weighted by molar-refractivity contribution is 5.79. The molecule has 0 N–H and O–H groups in total. The minimum Gasteiger partial charge on any atom is -0.448 e. The highest BCUT2D eigenvalue weighted by Gasteiger charge is 2.40. The molecular weight excluding hydrogens is 358 g/mol. The van der Waals surface area contributed by atoms with Gasteiger partial charge in [0.05, 0.1) is 6.04 Å². The maximum atomic E-state index is 13.0. The third-order valence-electron chi connectivity index (χ3n) is 6.61. The molecule has 1 fully saturated rings. The molecule has 1 saturated heterocycles. The SMILES string of the molecule is C#CCCC1=CC2CCC(C1)N2C(=O)OCC1c2ccccc2-c2ccccc21. The van der Waals surface area contributed by atoms with E-state index in [9.17, 15) is 4.79 Å². The van der Waals surface area contributed by atoms with E-state index in [-0.39, 0.29) is 24.1 Å². The van der Waals surface area contributed by atoms with Crippen molar-refractivity contribution in [2.75, 3.05) is 6.61 Å². The Hall–Kier alpha value is -2.99. The van der Waals surface area contributed by atoms with E-state index in [0.717, 1.165) is 32.1 Å². The molecule has 1 amide bonds. The molecule has 0 radical (unpaired) electrons. The molecule has 1 aliphatic carbocycles. The van der Waals surface area contributed by atoms with Crippen molar-refractivity contribution >= 4 is 6.09 Å². The quantitative estimate of drug-likeness (QED) is 0.514. The van der Waals surface area contributed by atoms with E-state index in [0.29, 0.717) is 6.61 Å². The lowest BCUT2D eigenvalue weighted by Gasteiger charge is -2.33. The molecule has 2 atom stereocenters. The van der Waals surface area contributed by atoms with Crippen LogP contribution in [-0.2, 0) is 4.74 Å². The first-order valence-corrected chi connectivity index (χ1v) is 10.5. The van der Waals surface area contributed by atoms with Crippen LogP contribution in [0.1, 0.15) is 49.1 Å². The van der Waals surface area contributed by atoms with Crippen molar-refractivity contribution in [2.24, 2.45) is 0 Å². The van der Waals surface area contributed by atoms with Gasteiger partial charge in [0.1, 0.15) is 6.61 Å². The van der Waals surface area contributed by atoms with Gasteiger partial charge < -0.3 is 4.74 Å². The predicted molar refractivity (Wildman–Crippen MR) is 114 cm³/mol. The molecule has 2 aliphatic heterocycles. The third kappa shape index (κ3) is 3.13. The van der Waals surface area contributed by atoms with E-state index in [1.807, 2.05) is 4.90 Å². The third-order valence-corrected chi connectivity index (χ3v) is 6.61. The van der Waals surface area contributed by atoms with Crippen LogP contribution < -0.4 is 0 Å². The van der Waals surface area contributed by atoms with E-state index in [2.05, 4.69) is 60.5 Å². The minimum absolute atomic E-state index is 0.107. The summed E-state index contributed by atoms with van der Waals surface area (Å²) in [5.74, 6) is 2.83. The highest BCUT2D eigenvalue weighted by atomic mass is 16.6. The molecule has 2 aromatic rings. The first kappa shape index (κ1) is 18.1. The number of hydrogen-bond donors (Lipinski definition) is 0. The van der Waals surface area contributed by atoms with Crippen molar-refractivity contribution in [3.05, 3.63) is 71.3 Å². The normalized spacial score (nSPS) is 21.9. The molecular formula is C26H25NO2. The maximum absolute atomic E-state index is 13.0. The summed E-state index contributed by atoms with van der Waals surface area (Å²) in [5, 5.41) is 0. The fraction of sp³-hybridized carbons (Fsp3) is 0.346. The minimum atomic E-state index is -0.174. The second-order valence-electron chi connectivity index (χ2n) is 8.24. The molecule has 3 nitrogen and oxygen atoms in total. The lowest BCUT2D eigenvalue weighted by molar-refractivity contribution is 0.0849. The van der Waals surface area contributed by atoms with Gasteiger partial charge in [-0.05, 0) is 47.9 Å². The van der Waals surface area contributed by atoms with Crippen LogP contribution in [0.2, 0.25) is 0 Å². The fourth-order valence-electron chi connectivity index (χ4n) is 5.29. The molecule has 3 aliphatic rings. The van der Waals surface area contributed by atoms with Crippen molar-refractivity contribution in [2.45, 2.75) is 50.1 Å². The predicted octanol–water partition coefficient (Wildman–Crippen LogP) is 5.51. The summed E-state index contributed by atoms with van der Waals surface area (Å²) >= 11 is 0. The molecule has 2 bridgehead atoms. The molecule has 2 unspecified atom stereocenters. The van der Waals surface area contributed by atoms with Crippen LogP contribution in [0.25, 0.3) is 11.1 Å². The van der Waals surface area contributed by atoms with Gasteiger partial charge in [0.2, 0.25) is 0 Å². The summed E-state index contributed by atoms with van der Waals surface area (Å²) in [4.78, 5) is 15.0. The number of fused-ring (bicyclic) bond motifs is 5. The monoisotopic (exact) mass is 383 g/mol. The molecule has 146 valence electrons. The average molecular weight is 383 g/mol. The van der Waals surface area contributed by atoms with Gasteiger partial charge in [-0.25, -0.2) is 4.79 Å². The molecule has 3 heteroatoms. The van der Waals surface area contributed by atoms with Crippen molar-refractivity contribution in [1.82, 2.24) is 4.90 Å². The molecule has 29 heavy (non-hydrogen) atoms. The standard InChI is InChI=1S/C26H25NO2/c1-2-3-8-18-15-19-13-14-20(16-18)27(19)26(28)29-17-25-23-11-6-4-9-21(23)22-10-5-7-12-24(22)25/h1,4-7,9-12,15,19-20,25H,3,8,13-14,16-17H2. The molecule has 0 saturated carbocycles. The molecule has 2 aromatic carbocycles. The van der Waals surface area contributed by atoms with Crippen LogP contribution >= 0.6 is 0 Å². The number of carbonyl (C=O) groups excluding carboxylic acids is 1. The Morgan fingerprint density at radius 2 is 1.76 bits per heavy atom. The van der Waals surface area contributed by atoms with Crippen molar-refractivity contribution in [1.29, 1.82) is 0 Å². The average Bonchev–Trinajstić information content (AvgIpc) is 3.22. The molecule has 0 spiro atoms. The van der Waals surface area contributed by atoms with Crippen molar-refractivity contribution < 1.29 is 9.53 Å². The Morgan fingerprint density at radius 3 is 2.41 bits per heavy atom. The van der Waals surface area contributed by atoms with Gasteiger partial charge in [-0.3, -0.25) is 4.90 Å². The Morgan fingerprint density at radius 1 is 1.07 bits per heavy atom. The smallest absolute Gasteiger partial charge is 0.410 e. The van der Waals surface area contributed by atoms with Crippen LogP contribution in [0.15, 0.2) is 60.2 Å². The Kier molecular flexibility index (Phi) is 4.64. The maximum Gasteiger partial charge on any atom is 0.410 e. The number of terminal acetylenes is 1. The zero-order valence-electron chi connectivity index (χ0n) is 16.5. The molecule has 0 aromatic heterocycles. The van der Waals surface area contributed by atoms with Crippen LogP contribution in [0.4, 0.5) is 4.79 Å². The number of benzene rings is 2. The first-order chi connectivity index (χ1) is 14.3. The fourth-order valence-corrected chi connectivity index (χ4v) is 5.29. The topological polar surface area (TPSA) is 29.5 Å². The number of amides is 1. The van der Waals surface area contributed by atoms with Crippen LogP contribution in [0.3, 0.4) is 0 Å². The van der Waals surface area contributed by atoms with E-state index in [1.165, 1.54) is 27.8 Å². The highest BCUT2D eigenvalue weighted by Crippen LogP contribution is 2.45. The summed E-state index contributed by atoms with van der Waals surface area (Å²) in [6.07, 6.45) is 12.2. The van der Waals surface area contributed by atoms with Crippen LogP contribution in [-0.4, -0.2) is 29.7 Å². The summed E-state index contributed by atoms with van der Waals surface area (Å²) < 4.78 is 5.90. The zero-order valence-corrected chi connectivity index (χ0v) is 16.5. The van der Waals surface area contributed by atoms with E-state index < -0.39 is 0 Å². The second kappa shape index (κ2) is 7.44. The summed E-state index contributed by atoms with van der Waals surface area (Å²) in [6.45, 7) is 0.385. The summed E-state index contributed by atoms with van der Waals surface area (Å²) in [7, 11) is 0. The number of rotatable bonds is 4.